The second-order valence-electron chi connectivity index (χ2n) is 6.17. The molecule has 1 atom stereocenters. The lowest BCUT2D eigenvalue weighted by Crippen LogP contribution is -2.42. The molecule has 10 heteroatoms. The lowest BCUT2D eigenvalue weighted by atomic mass is 10.2. The Balaban J connectivity index is 1.43. The summed E-state index contributed by atoms with van der Waals surface area (Å²) in [5.41, 5.74) is 0.731. The summed E-state index contributed by atoms with van der Waals surface area (Å²) >= 11 is 2.98. The molecule has 1 aliphatic rings. The molecule has 0 saturated heterocycles. The number of esters is 1. The number of hydrogen-bond donors (Lipinski definition) is 3. The third-order valence-electron chi connectivity index (χ3n) is 3.97. The highest BCUT2D eigenvalue weighted by Gasteiger charge is 2.24. The van der Waals surface area contributed by atoms with Gasteiger partial charge < -0.3 is 15.4 Å². The van der Waals surface area contributed by atoms with E-state index in [1.165, 1.54) is 17.8 Å². The van der Waals surface area contributed by atoms with Gasteiger partial charge in [-0.1, -0.05) is 6.07 Å². The summed E-state index contributed by atoms with van der Waals surface area (Å²) in [6.45, 7) is 1.59. The maximum Gasteiger partial charge on any atom is 0.338 e. The monoisotopic (exact) mass is 433 g/mol. The van der Waals surface area contributed by atoms with Gasteiger partial charge in [-0.3, -0.25) is 14.9 Å². The molecule has 0 radical (unpaired) electrons. The number of fused-ring (bicyclic) bond motifs is 1. The van der Waals surface area contributed by atoms with E-state index in [1.54, 1.807) is 30.4 Å². The molecule has 1 aliphatic heterocycles. The summed E-state index contributed by atoms with van der Waals surface area (Å²) in [6, 6.07) is 8.02. The summed E-state index contributed by atoms with van der Waals surface area (Å²) in [4.78, 5) is 49.4. The molecule has 152 valence electrons. The maximum absolute atomic E-state index is 12.1. The average molecular weight is 434 g/mol. The Morgan fingerprint density at radius 1 is 1.24 bits per heavy atom. The van der Waals surface area contributed by atoms with Crippen molar-refractivity contribution in [2.45, 2.75) is 23.5 Å². The molecule has 0 aliphatic carbocycles. The Hall–Kier alpha value is -2.85. The van der Waals surface area contributed by atoms with Crippen LogP contribution in [0.15, 0.2) is 40.6 Å². The Morgan fingerprint density at radius 3 is 2.83 bits per heavy atom. The van der Waals surface area contributed by atoms with Crippen LogP contribution in [0.3, 0.4) is 0 Å². The van der Waals surface area contributed by atoms with Crippen LogP contribution in [0, 0.1) is 0 Å². The Bertz CT molecular complexity index is 930. The number of thioether (sulfide) groups is 1. The molecule has 2 aromatic rings. The number of carbonyl (C=O) groups excluding carboxylic acids is 4. The Kier molecular flexibility index (Phi) is 6.89. The van der Waals surface area contributed by atoms with Crippen molar-refractivity contribution >= 4 is 52.6 Å². The minimum Gasteiger partial charge on any atom is -0.452 e. The van der Waals surface area contributed by atoms with E-state index in [-0.39, 0.29) is 16.7 Å². The summed E-state index contributed by atoms with van der Waals surface area (Å²) in [7, 11) is 0. The quantitative estimate of drug-likeness (QED) is 0.603. The average Bonchev–Trinajstić information content (AvgIpc) is 3.20. The van der Waals surface area contributed by atoms with Gasteiger partial charge in [-0.2, -0.15) is 0 Å². The zero-order valence-corrected chi connectivity index (χ0v) is 17.2. The first-order valence-electron chi connectivity index (χ1n) is 8.81. The van der Waals surface area contributed by atoms with Gasteiger partial charge in [0.15, 0.2) is 6.61 Å². The molecule has 29 heavy (non-hydrogen) atoms. The van der Waals surface area contributed by atoms with Gasteiger partial charge >= 0.3 is 12.0 Å². The molecule has 1 aromatic carbocycles. The van der Waals surface area contributed by atoms with Crippen LogP contribution < -0.4 is 16.0 Å². The molecule has 1 aromatic heterocycles. The topological polar surface area (TPSA) is 114 Å². The largest absolute Gasteiger partial charge is 0.452 e. The number of urea groups is 1. The molecular formula is C19H19N3O5S2. The zero-order chi connectivity index (χ0) is 20.8. The number of benzene rings is 1. The van der Waals surface area contributed by atoms with Crippen LogP contribution in [0.25, 0.3) is 0 Å². The predicted molar refractivity (Wildman–Crippen MR) is 110 cm³/mol. The van der Waals surface area contributed by atoms with Gasteiger partial charge in [0.2, 0.25) is 5.91 Å². The van der Waals surface area contributed by atoms with Crippen LogP contribution in [-0.4, -0.2) is 42.2 Å². The molecule has 3 rings (SSSR count). The van der Waals surface area contributed by atoms with Crippen LogP contribution in [0.4, 0.5) is 10.5 Å². The first-order valence-corrected chi connectivity index (χ1v) is 10.6. The lowest BCUT2D eigenvalue weighted by Gasteiger charge is -2.21. The third kappa shape index (κ3) is 5.81. The molecule has 0 fully saturated rings. The number of anilines is 1. The number of carbonyl (C=O) groups is 4. The minimum absolute atomic E-state index is 0.141. The van der Waals surface area contributed by atoms with Crippen molar-refractivity contribution in [1.82, 2.24) is 10.6 Å². The van der Waals surface area contributed by atoms with Crippen LogP contribution in [0.2, 0.25) is 0 Å². The van der Waals surface area contributed by atoms with Crippen molar-refractivity contribution in [1.29, 1.82) is 0 Å². The number of hydrogen-bond acceptors (Lipinski definition) is 7. The Morgan fingerprint density at radius 2 is 2.07 bits per heavy atom. The summed E-state index contributed by atoms with van der Waals surface area (Å²) in [5.74, 6) is -1.60. The number of amides is 4. The van der Waals surface area contributed by atoms with E-state index in [1.807, 2.05) is 17.5 Å². The summed E-state index contributed by atoms with van der Waals surface area (Å²) in [6.07, 6.45) is 0.667. The fourth-order valence-corrected chi connectivity index (χ4v) is 4.15. The van der Waals surface area contributed by atoms with Crippen molar-refractivity contribution in [3.05, 3.63) is 46.2 Å². The van der Waals surface area contributed by atoms with E-state index in [0.717, 1.165) is 9.77 Å². The van der Waals surface area contributed by atoms with E-state index in [0.29, 0.717) is 18.7 Å². The second-order valence-corrected chi connectivity index (χ2v) is 8.58. The smallest absolute Gasteiger partial charge is 0.338 e. The molecule has 0 unspecified atom stereocenters. The van der Waals surface area contributed by atoms with Gasteiger partial charge in [-0.15, -0.1) is 23.1 Å². The molecule has 3 N–H and O–H groups in total. The highest BCUT2D eigenvalue weighted by atomic mass is 32.2. The minimum atomic E-state index is -0.734. The molecule has 0 saturated carbocycles. The van der Waals surface area contributed by atoms with E-state index in [2.05, 4.69) is 16.0 Å². The van der Waals surface area contributed by atoms with Crippen LogP contribution in [0.1, 0.15) is 22.2 Å². The lowest BCUT2D eigenvalue weighted by molar-refractivity contribution is -0.123. The molecule has 8 nitrogen and oxygen atoms in total. The Labute approximate surface area is 175 Å². The van der Waals surface area contributed by atoms with Crippen LogP contribution in [-0.2, 0) is 20.7 Å². The van der Waals surface area contributed by atoms with E-state index >= 15 is 0 Å². The predicted octanol–water partition coefficient (Wildman–Crippen LogP) is 2.41. The molecular weight excluding hydrogens is 414 g/mol. The van der Waals surface area contributed by atoms with Gasteiger partial charge in [0.25, 0.3) is 5.91 Å². The van der Waals surface area contributed by atoms with Crippen molar-refractivity contribution < 1.29 is 23.9 Å². The van der Waals surface area contributed by atoms with Crippen LogP contribution >= 0.6 is 23.1 Å². The highest BCUT2D eigenvalue weighted by Crippen LogP contribution is 2.35. The fraction of sp³-hybridized carbons (Fsp3) is 0.263. The standard InChI is InChI=1S/C19H19N3O5S2/c1-11-17(24)21-14-9-12(4-5-15(14)29-11)18(25)27-10-16(23)22-19(26)20-7-6-13-3-2-8-28-13/h2-5,8-9,11H,6-7,10H2,1H3,(H,21,24)(H2,20,22,23,26)/t11-/m0/s1. The van der Waals surface area contributed by atoms with Gasteiger partial charge in [0, 0.05) is 16.3 Å². The maximum atomic E-state index is 12.1. The third-order valence-corrected chi connectivity index (χ3v) is 6.08. The number of rotatable bonds is 6. The number of imide groups is 1. The van der Waals surface area contributed by atoms with Gasteiger partial charge in [-0.25, -0.2) is 9.59 Å². The van der Waals surface area contributed by atoms with Crippen LogP contribution in [0.5, 0.6) is 0 Å². The first kappa shape index (κ1) is 20.9. The van der Waals surface area contributed by atoms with Crippen molar-refractivity contribution in [3.63, 3.8) is 0 Å². The number of thiophene rings is 1. The summed E-state index contributed by atoms with van der Waals surface area (Å²) < 4.78 is 4.94. The van der Waals surface area contributed by atoms with Crippen molar-refractivity contribution in [3.8, 4) is 0 Å². The normalized spacial score (nSPS) is 15.1. The molecule has 0 bridgehead atoms. The van der Waals surface area contributed by atoms with Crippen molar-refractivity contribution in [2.75, 3.05) is 18.5 Å². The summed E-state index contributed by atoms with van der Waals surface area (Å²) in [5, 5.41) is 9.14. The fourth-order valence-electron chi connectivity index (χ4n) is 2.51. The van der Waals surface area contributed by atoms with E-state index < -0.39 is 24.5 Å². The molecule has 2 heterocycles. The highest BCUT2D eigenvalue weighted by molar-refractivity contribution is 8.00. The van der Waals surface area contributed by atoms with Gasteiger partial charge in [0.1, 0.15) is 0 Å². The van der Waals surface area contributed by atoms with E-state index in [9.17, 15) is 19.2 Å². The zero-order valence-electron chi connectivity index (χ0n) is 15.5. The molecule has 0 spiro atoms. The number of nitrogens with one attached hydrogen (secondary N) is 3. The van der Waals surface area contributed by atoms with Crippen molar-refractivity contribution in [2.24, 2.45) is 0 Å². The van der Waals surface area contributed by atoms with Gasteiger partial charge in [-0.05, 0) is 43.0 Å². The SMILES string of the molecule is C[C@@H]1Sc2ccc(C(=O)OCC(=O)NC(=O)NCCc3cccs3)cc2NC1=O. The van der Waals surface area contributed by atoms with Gasteiger partial charge in [0.05, 0.1) is 16.5 Å². The van der Waals surface area contributed by atoms with E-state index in [4.69, 9.17) is 4.74 Å². The first-order chi connectivity index (χ1) is 13.9. The molecule has 4 amide bonds. The number of ether oxygens (including phenoxy) is 1. The second kappa shape index (κ2) is 9.57.